The first kappa shape index (κ1) is 87.8. The summed E-state index contributed by atoms with van der Waals surface area (Å²) in [5.41, 5.74) is 31.8. The number of methoxy groups -OCH3 is 3. The number of nitro benzene ring substituents is 2. The van der Waals surface area contributed by atoms with Crippen LogP contribution >= 0.6 is 0 Å². The number of carboxylic acid groups (broad SMARTS) is 4. The number of carboxylic acids is 4. The van der Waals surface area contributed by atoms with E-state index in [4.69, 9.17) is 43.4 Å². The highest BCUT2D eigenvalue weighted by Crippen LogP contribution is 2.41. The van der Waals surface area contributed by atoms with Crippen LogP contribution < -0.4 is 38.9 Å². The van der Waals surface area contributed by atoms with Gasteiger partial charge in [-0.15, -0.1) is 0 Å². The summed E-state index contributed by atoms with van der Waals surface area (Å²) in [7, 11) is 3.72. The third-order valence-corrected chi connectivity index (χ3v) is 16.2. The molecule has 0 bridgehead atoms. The fraction of sp³-hybridized carbons (Fsp3) is 0.267. The summed E-state index contributed by atoms with van der Waals surface area (Å²) >= 11 is 0. The van der Waals surface area contributed by atoms with Crippen LogP contribution in [0.1, 0.15) is 160 Å². The Kier molecular flexibility index (Phi) is 33.7. The van der Waals surface area contributed by atoms with Gasteiger partial charge in [0.1, 0.15) is 17.2 Å². The van der Waals surface area contributed by atoms with Crippen molar-refractivity contribution in [3.05, 3.63) is 220 Å². The van der Waals surface area contributed by atoms with E-state index in [1.165, 1.54) is 96.7 Å². The molecular weight excluding hydrogens is 1400 g/mol. The third-order valence-electron chi connectivity index (χ3n) is 16.2. The minimum absolute atomic E-state index is 0.0626. The maximum absolute atomic E-state index is 13.5. The Labute approximate surface area is 613 Å². The van der Waals surface area contributed by atoms with Crippen LogP contribution in [0, 0.1) is 79.4 Å². The number of amides is 3. The summed E-state index contributed by atoms with van der Waals surface area (Å²) in [5, 5.41) is 65.1. The zero-order valence-corrected chi connectivity index (χ0v) is 60.9. The lowest BCUT2D eigenvalue weighted by Gasteiger charge is -2.31. The van der Waals surface area contributed by atoms with E-state index in [1.54, 1.807) is 97.1 Å². The number of benzene rings is 7. The average Bonchev–Trinajstić information content (AvgIpc) is 0.804. The molecule has 1 unspecified atom stereocenters. The van der Waals surface area contributed by atoms with Crippen molar-refractivity contribution >= 4 is 122 Å². The Morgan fingerprint density at radius 3 is 1.28 bits per heavy atom. The lowest BCUT2D eigenvalue weighted by atomic mass is 9.74. The van der Waals surface area contributed by atoms with E-state index >= 15 is 0 Å². The molecule has 15 N–H and O–H groups in total. The van der Waals surface area contributed by atoms with E-state index in [1.807, 2.05) is 6.07 Å². The number of nitrogens with two attached hydrogens (primary N) is 4. The van der Waals surface area contributed by atoms with Crippen LogP contribution in [-0.2, 0) is 33.4 Å². The molecule has 0 spiro atoms. The number of nitrogens with zero attached hydrogens (tertiary/aromatic N) is 3. The number of fused-ring (bicyclic) bond motifs is 1. The van der Waals surface area contributed by atoms with Gasteiger partial charge in [-0.3, -0.25) is 44.4 Å². The summed E-state index contributed by atoms with van der Waals surface area (Å²) in [6.45, 7) is 16.1. The highest BCUT2D eigenvalue weighted by Gasteiger charge is 2.30. The fourth-order valence-corrected chi connectivity index (χ4v) is 10.4. The number of carbonyl (C=O) groups excluding carboxylic acids is 6. The summed E-state index contributed by atoms with van der Waals surface area (Å²) in [6, 6.07) is 28.7. The SMILES string of the molecule is CC(=O)Nc1ccc(C(=O)O)cc1C.CC(=O)Nc1ccc(C(=O)O)cc1C.CC(C(=O)O)C1CCC(c2ccnc3ccc(F)cc23)CC1.COC(=O)c1cc(C)c(N)c(N)c1.COC(=O)c1cc(C)c(N)c([N+](=O)[O-])c1.COC(=O)c1cc(C)c(NC(C)=O)c([N+](=O)[O-])c1.Cc1cc(C(=O)O)ccc1N. The Bertz CT molecular complexity index is 4570. The van der Waals surface area contributed by atoms with E-state index in [2.05, 4.69) is 35.1 Å². The molecule has 32 heteroatoms. The van der Waals surface area contributed by atoms with Gasteiger partial charge in [0, 0.05) is 61.5 Å². The fourth-order valence-electron chi connectivity index (χ4n) is 10.4. The molecule has 3 amide bonds. The number of nitrogen functional groups attached to an aromatic ring is 4. The number of hydrogen-bond acceptors (Lipinski definition) is 22. The first-order chi connectivity index (χ1) is 50.1. The standard InChI is InChI=1S/C18H20FNO2.C11H12N2O5.2C10H11NO3.C9H10N2O4.C9H12N2O2.C8H9NO2/c1-11(18(21)22)12-2-4-13(5-3-12)15-8-9-20-17-7-6-14(19)10-16(15)17;1-6-4-8(11(15)18-3)5-9(13(16)17)10(6)12-7(2)14;2*1-6-5-8(10(13)14)3-4-9(6)11-7(2)12;1-5-3-6(9(12)15-2)4-7(8(5)10)11(13)14;1-5-3-6(9(12)13-2)4-7(10)8(5)11;1-5-4-6(8(10)11)2-3-7(5)9/h6-13H,2-5H2,1H3,(H,21,22);4-5H,1-3H3,(H,12,14);2*3-5H,1-2H3,(H,11,12)(H,13,14);3-4H,10H2,1-2H3;3-4H,10-11H2,1-2H3;2-4H,9H2,1H3,(H,10,11). The number of aryl methyl sites for hydroxylation is 6. The quantitative estimate of drug-likeness (QED) is 0.0158. The number of pyridine rings is 1. The minimum atomic E-state index is -0.970. The average molecular weight is 1480 g/mol. The van der Waals surface area contributed by atoms with Crippen molar-refractivity contribution in [2.45, 2.75) is 101 Å². The van der Waals surface area contributed by atoms with Gasteiger partial charge in [0.2, 0.25) is 17.7 Å². The molecule has 0 aliphatic heterocycles. The number of aliphatic carboxylic acids is 1. The maximum Gasteiger partial charge on any atom is 0.338 e. The van der Waals surface area contributed by atoms with Gasteiger partial charge in [0.25, 0.3) is 11.4 Å². The molecule has 0 radical (unpaired) electrons. The second-order valence-corrected chi connectivity index (χ2v) is 24.1. The van der Waals surface area contributed by atoms with Crippen LogP contribution in [0.15, 0.2) is 121 Å². The Morgan fingerprint density at radius 2 is 0.888 bits per heavy atom. The number of hydrogen-bond donors (Lipinski definition) is 11. The largest absolute Gasteiger partial charge is 0.481 e. The van der Waals surface area contributed by atoms with Crippen LogP contribution in [0.4, 0.5) is 55.6 Å². The number of nitro groups is 2. The van der Waals surface area contributed by atoms with E-state index in [-0.39, 0.29) is 80.0 Å². The monoisotopic (exact) mass is 1480 g/mol. The summed E-state index contributed by atoms with van der Waals surface area (Å²) in [6.07, 6.45) is 5.52. The van der Waals surface area contributed by atoms with Crippen LogP contribution in [-0.4, -0.2) is 116 Å². The molecule has 1 aromatic heterocycles. The molecule has 568 valence electrons. The lowest BCUT2D eigenvalue weighted by Crippen LogP contribution is -2.25. The highest BCUT2D eigenvalue weighted by molar-refractivity contribution is 5.98. The number of aromatic carboxylic acids is 3. The van der Waals surface area contributed by atoms with Crippen molar-refractivity contribution in [2.24, 2.45) is 11.8 Å². The molecule has 31 nitrogen and oxygen atoms in total. The van der Waals surface area contributed by atoms with Crippen LogP contribution in [0.3, 0.4) is 0 Å². The smallest absolute Gasteiger partial charge is 0.338 e. The molecule has 0 saturated heterocycles. The van der Waals surface area contributed by atoms with Crippen LogP contribution in [0.25, 0.3) is 10.9 Å². The summed E-state index contributed by atoms with van der Waals surface area (Å²) in [4.78, 5) is 133. The van der Waals surface area contributed by atoms with Crippen molar-refractivity contribution in [3.63, 3.8) is 0 Å². The molecule has 1 atom stereocenters. The second kappa shape index (κ2) is 41.0. The molecule has 1 heterocycles. The zero-order valence-electron chi connectivity index (χ0n) is 60.9. The molecule has 1 aliphatic carbocycles. The number of halogens is 1. The van der Waals surface area contributed by atoms with Crippen LogP contribution in [0.5, 0.6) is 0 Å². The number of carbonyl (C=O) groups is 10. The van der Waals surface area contributed by atoms with E-state index in [0.29, 0.717) is 51.0 Å². The maximum atomic E-state index is 13.5. The first-order valence-electron chi connectivity index (χ1n) is 32.2. The van der Waals surface area contributed by atoms with Gasteiger partial charge >= 0.3 is 41.8 Å². The predicted octanol–water partition coefficient (Wildman–Crippen LogP) is 12.8. The first-order valence-corrected chi connectivity index (χ1v) is 32.2. The van der Waals surface area contributed by atoms with Gasteiger partial charge < -0.3 is 73.5 Å². The molecule has 9 rings (SSSR count). The number of aromatic nitrogens is 1. The van der Waals surface area contributed by atoms with E-state index in [9.17, 15) is 72.6 Å². The molecule has 1 fully saturated rings. The molecular formula is C75H85FN10O21. The van der Waals surface area contributed by atoms with Crippen molar-refractivity contribution < 1.29 is 96.8 Å². The zero-order chi connectivity index (χ0) is 81.0. The summed E-state index contributed by atoms with van der Waals surface area (Å²) < 4.78 is 27.1. The topological polar surface area (TPSA) is 519 Å². The van der Waals surface area contributed by atoms with E-state index < -0.39 is 57.5 Å². The van der Waals surface area contributed by atoms with E-state index in [0.717, 1.165) is 76.5 Å². The van der Waals surface area contributed by atoms with Gasteiger partial charge in [0.15, 0.2) is 0 Å². The molecule has 7 aromatic carbocycles. The van der Waals surface area contributed by atoms with Gasteiger partial charge in [-0.1, -0.05) is 6.92 Å². The molecule has 1 saturated carbocycles. The number of ether oxygens (including phenoxy) is 3. The summed E-state index contributed by atoms with van der Waals surface area (Å²) in [5.74, 6) is -5.95. The normalized spacial score (nSPS) is 12.5. The minimum Gasteiger partial charge on any atom is -0.481 e. The van der Waals surface area contributed by atoms with Crippen molar-refractivity contribution in [1.82, 2.24) is 4.98 Å². The Morgan fingerprint density at radius 1 is 0.486 bits per heavy atom. The van der Waals surface area contributed by atoms with Crippen LogP contribution in [0.2, 0.25) is 0 Å². The molecule has 8 aromatic rings. The number of rotatable bonds is 14. The molecule has 107 heavy (non-hydrogen) atoms. The van der Waals surface area contributed by atoms with Gasteiger partial charge in [-0.25, -0.2) is 33.2 Å². The Balaban J connectivity index is 0.000000327. The predicted molar refractivity (Wildman–Crippen MR) is 399 cm³/mol. The lowest BCUT2D eigenvalue weighted by molar-refractivity contribution is -0.384. The van der Waals surface area contributed by atoms with Gasteiger partial charge in [-0.2, -0.15) is 0 Å². The highest BCUT2D eigenvalue weighted by atomic mass is 19.1. The number of nitrogens with one attached hydrogen (secondary N) is 3. The molecule has 1 aliphatic rings. The van der Waals surface area contributed by atoms with Gasteiger partial charge in [-0.05, 0) is 221 Å². The Hall–Kier alpha value is -13.4. The number of esters is 3. The van der Waals surface area contributed by atoms with Gasteiger partial charge in [0.05, 0.1) is 87.4 Å². The third kappa shape index (κ3) is 26.7. The van der Waals surface area contributed by atoms with Crippen molar-refractivity contribution in [3.8, 4) is 0 Å². The van der Waals surface area contributed by atoms with Crippen molar-refractivity contribution in [1.29, 1.82) is 0 Å². The van der Waals surface area contributed by atoms with Crippen molar-refractivity contribution in [2.75, 3.05) is 60.2 Å². The number of anilines is 7. The second-order valence-electron chi connectivity index (χ2n) is 24.1.